The van der Waals surface area contributed by atoms with Crippen molar-refractivity contribution in [3.05, 3.63) is 125 Å². The minimum Gasteiger partial charge on any atom is -0.587 e. The third kappa shape index (κ3) is 5.81. The zero-order valence-electron chi connectivity index (χ0n) is 24.0. The summed E-state index contributed by atoms with van der Waals surface area (Å²) in [6, 6.07) is 19.5. The second kappa shape index (κ2) is 12.9. The van der Waals surface area contributed by atoms with Crippen LogP contribution in [0.25, 0.3) is 44.5 Å². The molecule has 0 aliphatic carbocycles. The van der Waals surface area contributed by atoms with E-state index >= 15 is 4.39 Å². The fraction of sp³-hybridized carbons (Fsp3) is 0.0588. The van der Waals surface area contributed by atoms with Crippen molar-refractivity contribution in [2.75, 3.05) is 7.11 Å². The van der Waals surface area contributed by atoms with Gasteiger partial charge in [0.05, 0.1) is 18.2 Å². The number of esters is 1. The molecule has 0 N–H and O–H groups in total. The lowest BCUT2D eigenvalue weighted by atomic mass is 9.97. The second-order valence-electron chi connectivity index (χ2n) is 10.0. The Morgan fingerprint density at radius 3 is 2.43 bits per heavy atom. The van der Waals surface area contributed by atoms with Crippen molar-refractivity contribution in [1.29, 1.82) is 5.26 Å². The average molecular weight is 675 g/mol. The number of benzene rings is 4. The predicted molar refractivity (Wildman–Crippen MR) is 168 cm³/mol. The summed E-state index contributed by atoms with van der Waals surface area (Å²) < 4.78 is 76.9. The van der Waals surface area contributed by atoms with Crippen molar-refractivity contribution in [3.63, 3.8) is 0 Å². The van der Waals surface area contributed by atoms with Crippen LogP contribution in [0.2, 0.25) is 5.02 Å². The minimum absolute atomic E-state index is 0.0372. The molecular weight excluding hydrogens is 656 g/mol. The van der Waals surface area contributed by atoms with Gasteiger partial charge in [-0.05, 0) is 66.2 Å². The van der Waals surface area contributed by atoms with Crippen LogP contribution < -0.4 is 0 Å². The van der Waals surface area contributed by atoms with Gasteiger partial charge in [0, 0.05) is 45.1 Å². The SMILES string of the molecule is COC(=O)c1cc(Cl)c(-c2cccc(-c3c(-c4nccnc4C#N)c4cc(F)ccc4n3[S+]([O-])c3ccc(C(F)F)cc3)c2)cc1F. The van der Waals surface area contributed by atoms with Gasteiger partial charge >= 0.3 is 5.97 Å². The highest BCUT2D eigenvalue weighted by Crippen LogP contribution is 2.44. The summed E-state index contributed by atoms with van der Waals surface area (Å²) in [4.78, 5) is 20.7. The van der Waals surface area contributed by atoms with Gasteiger partial charge in [-0.2, -0.15) is 9.23 Å². The monoisotopic (exact) mass is 674 g/mol. The molecule has 0 saturated carbocycles. The molecule has 234 valence electrons. The van der Waals surface area contributed by atoms with Gasteiger partial charge in [0.25, 0.3) is 6.43 Å². The number of nitrogens with zero attached hydrogens (tertiary/aromatic N) is 4. The van der Waals surface area contributed by atoms with Crippen LogP contribution in [0.15, 0.2) is 96.2 Å². The number of methoxy groups -OCH3 is 1. The Kier molecular flexibility index (Phi) is 8.70. The molecule has 13 heteroatoms. The first kappa shape index (κ1) is 31.7. The Morgan fingerprint density at radius 1 is 1.00 bits per heavy atom. The lowest BCUT2D eigenvalue weighted by molar-refractivity contribution is 0.0595. The number of alkyl halides is 2. The van der Waals surface area contributed by atoms with Crippen LogP contribution in [0.5, 0.6) is 0 Å². The highest BCUT2D eigenvalue weighted by Gasteiger charge is 2.31. The van der Waals surface area contributed by atoms with Crippen LogP contribution in [-0.4, -0.2) is 31.6 Å². The number of hydrogen-bond acceptors (Lipinski definition) is 6. The molecule has 0 fully saturated rings. The molecule has 4 aromatic carbocycles. The van der Waals surface area contributed by atoms with E-state index in [0.29, 0.717) is 11.1 Å². The fourth-order valence-corrected chi connectivity index (χ4v) is 6.77. The Labute approximate surface area is 273 Å². The molecule has 0 bridgehead atoms. The Balaban J connectivity index is 1.66. The molecule has 0 aliphatic heterocycles. The van der Waals surface area contributed by atoms with Gasteiger partial charge in [0.15, 0.2) is 10.6 Å². The zero-order chi connectivity index (χ0) is 33.4. The van der Waals surface area contributed by atoms with E-state index < -0.39 is 35.4 Å². The van der Waals surface area contributed by atoms with E-state index in [2.05, 4.69) is 14.7 Å². The van der Waals surface area contributed by atoms with Crippen LogP contribution in [0.1, 0.15) is 28.0 Å². The Morgan fingerprint density at radius 2 is 1.72 bits per heavy atom. The molecule has 6 aromatic rings. The number of rotatable bonds is 7. The molecule has 2 heterocycles. The lowest BCUT2D eigenvalue weighted by Crippen LogP contribution is -2.14. The highest BCUT2D eigenvalue weighted by molar-refractivity contribution is 7.90. The lowest BCUT2D eigenvalue weighted by Gasteiger charge is -2.17. The molecule has 7 nitrogen and oxygen atoms in total. The van der Waals surface area contributed by atoms with Gasteiger partial charge in [-0.3, -0.25) is 4.98 Å². The van der Waals surface area contributed by atoms with Crippen LogP contribution in [0.4, 0.5) is 17.6 Å². The van der Waals surface area contributed by atoms with E-state index in [1.54, 1.807) is 24.3 Å². The van der Waals surface area contributed by atoms with Gasteiger partial charge in [-0.15, -0.1) is 0 Å². The van der Waals surface area contributed by atoms with Crippen LogP contribution in [0.3, 0.4) is 0 Å². The molecule has 0 spiro atoms. The smallest absolute Gasteiger partial charge is 0.340 e. The first-order valence-electron chi connectivity index (χ1n) is 13.7. The molecular formula is C34H19ClF4N4O3S. The first-order chi connectivity index (χ1) is 22.6. The molecule has 0 amide bonds. The van der Waals surface area contributed by atoms with Gasteiger partial charge in [0.1, 0.15) is 40.5 Å². The number of halogens is 5. The topological polar surface area (TPSA) is 104 Å². The average Bonchev–Trinajstić information content (AvgIpc) is 3.42. The molecule has 0 radical (unpaired) electrons. The fourth-order valence-electron chi connectivity index (χ4n) is 5.22. The molecule has 2 aromatic heterocycles. The number of nitriles is 1. The van der Waals surface area contributed by atoms with E-state index in [1.165, 1.54) is 46.7 Å². The Bertz CT molecular complexity index is 2220. The van der Waals surface area contributed by atoms with E-state index in [0.717, 1.165) is 31.4 Å². The molecule has 0 saturated heterocycles. The highest BCUT2D eigenvalue weighted by atomic mass is 35.5. The minimum atomic E-state index is -2.74. The number of fused-ring (bicyclic) bond motifs is 1. The third-order valence-corrected chi connectivity index (χ3v) is 9.04. The summed E-state index contributed by atoms with van der Waals surface area (Å²) in [6.45, 7) is 0. The molecule has 6 rings (SSSR count). The maximum Gasteiger partial charge on any atom is 0.340 e. The Hall–Kier alpha value is -5.22. The van der Waals surface area contributed by atoms with Crippen molar-refractivity contribution in [1.82, 2.24) is 13.9 Å². The standard InChI is InChI=1S/C34H19ClF4N4O3S/c1-46-34(44)24-15-26(35)23(16-27(24)37)19-3-2-4-20(13-19)32-30(31-28(17-40)41-11-12-42-31)25-14-21(36)7-10-29(25)43(32)47(45)22-8-5-18(6-9-22)33(38)39/h2-16,33H,1H3. The van der Waals surface area contributed by atoms with Gasteiger partial charge in [0.2, 0.25) is 0 Å². The quantitative estimate of drug-likeness (QED) is 0.0955. The van der Waals surface area contributed by atoms with Crippen molar-refractivity contribution in [2.24, 2.45) is 0 Å². The van der Waals surface area contributed by atoms with Crippen molar-refractivity contribution < 1.29 is 31.6 Å². The summed E-state index contributed by atoms with van der Waals surface area (Å²) >= 11 is 4.39. The van der Waals surface area contributed by atoms with Crippen molar-refractivity contribution in [3.8, 4) is 39.7 Å². The maximum absolute atomic E-state index is 15.0. The van der Waals surface area contributed by atoms with E-state index in [4.69, 9.17) is 11.6 Å². The summed E-state index contributed by atoms with van der Waals surface area (Å²) in [5, 5.41) is 10.2. The molecule has 47 heavy (non-hydrogen) atoms. The summed E-state index contributed by atoms with van der Waals surface area (Å²) in [6.07, 6.45) is -0.0684. The van der Waals surface area contributed by atoms with Crippen LogP contribution in [0, 0.1) is 23.0 Å². The number of hydrogen-bond donors (Lipinski definition) is 0. The predicted octanol–water partition coefficient (Wildman–Crippen LogP) is 8.53. The number of aromatic nitrogens is 3. The maximum atomic E-state index is 15.0. The number of carbonyl (C=O) groups is 1. The summed E-state index contributed by atoms with van der Waals surface area (Å²) in [5.41, 5.74) is 1.04. The summed E-state index contributed by atoms with van der Waals surface area (Å²) in [7, 11) is 1.11. The normalized spacial score (nSPS) is 11.9. The van der Waals surface area contributed by atoms with Gasteiger partial charge in [-0.25, -0.2) is 27.3 Å². The molecule has 1 unspecified atom stereocenters. The van der Waals surface area contributed by atoms with Crippen molar-refractivity contribution in [2.45, 2.75) is 11.3 Å². The van der Waals surface area contributed by atoms with Crippen molar-refractivity contribution >= 4 is 39.8 Å². The first-order valence-corrected chi connectivity index (χ1v) is 15.1. The van der Waals surface area contributed by atoms with Crippen LogP contribution >= 0.6 is 11.6 Å². The third-order valence-electron chi connectivity index (χ3n) is 7.34. The van der Waals surface area contributed by atoms with Gasteiger partial charge in [-0.1, -0.05) is 29.8 Å². The van der Waals surface area contributed by atoms with E-state index in [9.17, 15) is 27.8 Å². The van der Waals surface area contributed by atoms with E-state index in [-0.39, 0.29) is 60.2 Å². The zero-order valence-corrected chi connectivity index (χ0v) is 25.6. The number of ether oxygens (including phenoxy) is 1. The second-order valence-corrected chi connectivity index (χ2v) is 11.8. The van der Waals surface area contributed by atoms with Gasteiger partial charge < -0.3 is 9.29 Å². The molecule has 1 atom stereocenters. The molecule has 0 aliphatic rings. The van der Waals surface area contributed by atoms with Crippen LogP contribution in [-0.2, 0) is 16.1 Å². The number of carbonyl (C=O) groups excluding carboxylic acids is 1. The summed E-state index contributed by atoms with van der Waals surface area (Å²) in [5.74, 6) is -2.41. The largest absolute Gasteiger partial charge is 0.587 e. The van der Waals surface area contributed by atoms with E-state index in [1.807, 2.05) is 6.07 Å².